The molecule has 4 heterocycles. The van der Waals surface area contributed by atoms with Gasteiger partial charge in [-0.3, -0.25) is 14.4 Å². The molecule has 2 fully saturated rings. The van der Waals surface area contributed by atoms with E-state index in [9.17, 15) is 4.79 Å². The van der Waals surface area contributed by atoms with Gasteiger partial charge in [-0.2, -0.15) is 5.10 Å². The molecule has 4 rings (SSSR count). The number of amides is 1. The summed E-state index contributed by atoms with van der Waals surface area (Å²) in [6, 6.07) is 5.89. The summed E-state index contributed by atoms with van der Waals surface area (Å²) in [6.45, 7) is 6.40. The highest BCUT2D eigenvalue weighted by molar-refractivity contribution is 5.92. The third-order valence-electron chi connectivity index (χ3n) is 6.02. The molecule has 0 saturated carbocycles. The van der Waals surface area contributed by atoms with Crippen LogP contribution in [0.15, 0.2) is 24.4 Å². The van der Waals surface area contributed by atoms with Gasteiger partial charge in [0.1, 0.15) is 5.69 Å². The molecule has 1 atom stereocenters. The molecule has 2 saturated heterocycles. The smallest absolute Gasteiger partial charge is 0.267 e. The van der Waals surface area contributed by atoms with Gasteiger partial charge >= 0.3 is 0 Å². The zero-order valence-electron chi connectivity index (χ0n) is 16.4. The lowest BCUT2D eigenvalue weighted by Gasteiger charge is -2.50. The first kappa shape index (κ1) is 18.3. The molecule has 1 unspecified atom stereocenters. The zero-order chi connectivity index (χ0) is 19.0. The predicted molar refractivity (Wildman–Crippen MR) is 102 cm³/mol. The van der Waals surface area contributed by atoms with Crippen LogP contribution in [0.5, 0.6) is 0 Å². The van der Waals surface area contributed by atoms with Gasteiger partial charge in [0, 0.05) is 53.1 Å². The summed E-state index contributed by atoms with van der Waals surface area (Å²) in [4.78, 5) is 14.7. The van der Waals surface area contributed by atoms with Crippen LogP contribution in [-0.2, 0) is 25.4 Å². The summed E-state index contributed by atoms with van der Waals surface area (Å²) < 4.78 is 9.97. The van der Waals surface area contributed by atoms with Crippen molar-refractivity contribution in [2.45, 2.75) is 31.9 Å². The Kier molecular flexibility index (Phi) is 4.82. The van der Waals surface area contributed by atoms with E-state index in [1.165, 1.54) is 5.69 Å². The lowest BCUT2D eigenvalue weighted by atomic mass is 9.79. The molecule has 0 radical (unpaired) electrons. The van der Waals surface area contributed by atoms with Crippen LogP contribution in [0.2, 0.25) is 0 Å². The van der Waals surface area contributed by atoms with Crippen molar-refractivity contribution < 1.29 is 9.53 Å². The number of aromatic nitrogens is 3. The van der Waals surface area contributed by atoms with Gasteiger partial charge in [0.15, 0.2) is 0 Å². The molecule has 2 aliphatic rings. The zero-order valence-corrected chi connectivity index (χ0v) is 16.4. The first-order valence-electron chi connectivity index (χ1n) is 9.72. The maximum atomic E-state index is 12.3. The quantitative estimate of drug-likeness (QED) is 0.835. The summed E-state index contributed by atoms with van der Waals surface area (Å²) in [5.41, 5.74) is 2.98. The van der Waals surface area contributed by atoms with Crippen molar-refractivity contribution in [2.75, 3.05) is 26.2 Å². The van der Waals surface area contributed by atoms with Gasteiger partial charge in [-0.05, 0) is 43.9 Å². The molecule has 2 aromatic rings. The highest BCUT2D eigenvalue weighted by Crippen LogP contribution is 2.42. The Labute approximate surface area is 160 Å². The Balaban J connectivity index is 1.27. The lowest BCUT2D eigenvalue weighted by molar-refractivity contribution is -0.137. The van der Waals surface area contributed by atoms with E-state index in [-0.39, 0.29) is 11.5 Å². The number of hydrogen-bond acceptors (Lipinski definition) is 4. The predicted octanol–water partition coefficient (Wildman–Crippen LogP) is 1.48. The van der Waals surface area contributed by atoms with Crippen molar-refractivity contribution in [3.8, 4) is 0 Å². The minimum Gasteiger partial charge on any atom is -0.372 e. The van der Waals surface area contributed by atoms with Gasteiger partial charge in [0.2, 0.25) is 0 Å². The number of likely N-dealkylation sites (tertiary alicyclic amines) is 1. The van der Waals surface area contributed by atoms with Crippen LogP contribution in [0.25, 0.3) is 0 Å². The Bertz CT molecular complexity index is 818. The topological polar surface area (TPSA) is 64.3 Å². The van der Waals surface area contributed by atoms with Gasteiger partial charge in [-0.25, -0.2) is 0 Å². The van der Waals surface area contributed by atoms with Crippen LogP contribution in [0.3, 0.4) is 0 Å². The van der Waals surface area contributed by atoms with E-state index in [0.29, 0.717) is 18.2 Å². The van der Waals surface area contributed by atoms with Gasteiger partial charge < -0.3 is 14.6 Å². The fraction of sp³-hybridized carbons (Fsp3) is 0.600. The molecule has 2 aromatic heterocycles. The summed E-state index contributed by atoms with van der Waals surface area (Å²) >= 11 is 0. The summed E-state index contributed by atoms with van der Waals surface area (Å²) in [7, 11) is 3.89. The van der Waals surface area contributed by atoms with Gasteiger partial charge in [-0.15, -0.1) is 0 Å². The molecule has 7 nitrogen and oxygen atoms in total. The van der Waals surface area contributed by atoms with Gasteiger partial charge in [-0.1, -0.05) is 0 Å². The Hall–Kier alpha value is -2.12. The third-order valence-corrected chi connectivity index (χ3v) is 6.02. The molecular formula is C20H29N5O2. The average molecular weight is 371 g/mol. The Morgan fingerprint density at radius 2 is 2.22 bits per heavy atom. The number of rotatable bonds is 6. The third kappa shape index (κ3) is 3.53. The van der Waals surface area contributed by atoms with E-state index in [1.54, 1.807) is 0 Å². The van der Waals surface area contributed by atoms with E-state index in [1.807, 2.05) is 48.6 Å². The van der Waals surface area contributed by atoms with Crippen LogP contribution < -0.4 is 5.32 Å². The number of carbonyl (C=O) groups is 1. The molecule has 27 heavy (non-hydrogen) atoms. The van der Waals surface area contributed by atoms with Crippen molar-refractivity contribution >= 4 is 5.91 Å². The first-order valence-corrected chi connectivity index (χ1v) is 9.72. The van der Waals surface area contributed by atoms with E-state index in [4.69, 9.17) is 4.74 Å². The van der Waals surface area contributed by atoms with Crippen LogP contribution in [0.1, 0.15) is 34.7 Å². The summed E-state index contributed by atoms with van der Waals surface area (Å²) in [5, 5.41) is 7.49. The number of carbonyl (C=O) groups excluding carboxylic acids is 1. The molecule has 0 aliphatic carbocycles. The fourth-order valence-electron chi connectivity index (χ4n) is 4.55. The molecule has 7 heteroatoms. The molecule has 2 aliphatic heterocycles. The number of ether oxygens (including phenoxy) is 1. The summed E-state index contributed by atoms with van der Waals surface area (Å²) in [6.07, 6.45) is 3.94. The van der Waals surface area contributed by atoms with Crippen molar-refractivity contribution in [2.24, 2.45) is 20.0 Å². The first-order chi connectivity index (χ1) is 13.0. The second kappa shape index (κ2) is 7.13. The van der Waals surface area contributed by atoms with E-state index in [2.05, 4.69) is 21.4 Å². The molecular weight excluding hydrogens is 342 g/mol. The molecule has 1 N–H and O–H groups in total. The average Bonchev–Trinajstić information content (AvgIpc) is 3.27. The summed E-state index contributed by atoms with van der Waals surface area (Å²) in [5.74, 6) is 0.507. The van der Waals surface area contributed by atoms with E-state index < -0.39 is 0 Å². The molecule has 1 amide bonds. The number of hydrogen-bond donors (Lipinski definition) is 1. The van der Waals surface area contributed by atoms with Crippen LogP contribution in [-0.4, -0.2) is 57.0 Å². The number of nitrogens with one attached hydrogen (secondary N) is 1. The second-order valence-corrected chi connectivity index (χ2v) is 7.99. The Morgan fingerprint density at radius 1 is 1.41 bits per heavy atom. The van der Waals surface area contributed by atoms with Crippen LogP contribution in [0.4, 0.5) is 0 Å². The van der Waals surface area contributed by atoms with Crippen LogP contribution >= 0.6 is 0 Å². The van der Waals surface area contributed by atoms with Crippen molar-refractivity contribution in [1.82, 2.24) is 24.6 Å². The van der Waals surface area contributed by atoms with Gasteiger partial charge in [0.25, 0.3) is 5.91 Å². The Morgan fingerprint density at radius 3 is 2.89 bits per heavy atom. The maximum absolute atomic E-state index is 12.3. The van der Waals surface area contributed by atoms with Crippen LogP contribution in [0, 0.1) is 12.8 Å². The standard InChI is InChI=1S/C20H29N5O2/c1-15-11-17(24(3)22-15)12-25-13-20(14-25)16(7-10-27-20)6-8-21-19(26)18-5-4-9-23(18)2/h4-5,9,11,16H,6-8,10,12-14H2,1-3H3,(H,21,26). The second-order valence-electron chi connectivity index (χ2n) is 7.99. The number of aryl methyl sites for hydroxylation is 3. The van der Waals surface area contributed by atoms with Gasteiger partial charge in [0.05, 0.1) is 17.0 Å². The number of nitrogens with zero attached hydrogens (tertiary/aromatic N) is 4. The van der Waals surface area contributed by atoms with E-state index in [0.717, 1.165) is 44.8 Å². The largest absolute Gasteiger partial charge is 0.372 e. The van der Waals surface area contributed by atoms with Crippen molar-refractivity contribution in [3.05, 3.63) is 41.5 Å². The lowest BCUT2D eigenvalue weighted by Crippen LogP contribution is -2.64. The van der Waals surface area contributed by atoms with Crippen molar-refractivity contribution in [3.63, 3.8) is 0 Å². The van der Waals surface area contributed by atoms with Crippen molar-refractivity contribution in [1.29, 1.82) is 0 Å². The molecule has 0 aromatic carbocycles. The molecule has 1 spiro atoms. The fourth-order valence-corrected chi connectivity index (χ4v) is 4.55. The van der Waals surface area contributed by atoms with E-state index >= 15 is 0 Å². The highest BCUT2D eigenvalue weighted by Gasteiger charge is 2.52. The highest BCUT2D eigenvalue weighted by atomic mass is 16.5. The normalized spacial score (nSPS) is 21.5. The maximum Gasteiger partial charge on any atom is 0.267 e. The molecule has 0 bridgehead atoms. The molecule has 146 valence electrons. The SMILES string of the molecule is Cc1cc(CN2CC3(C2)OCCC3CCNC(=O)c2cccn2C)n(C)n1. The minimum atomic E-state index is -0.0245. The monoisotopic (exact) mass is 371 g/mol. The minimum absolute atomic E-state index is 0.00252.